The molecule has 0 aliphatic carbocycles. The highest BCUT2D eigenvalue weighted by Gasteiger charge is 2.24. The van der Waals surface area contributed by atoms with Gasteiger partial charge < -0.3 is 9.13 Å². The van der Waals surface area contributed by atoms with Gasteiger partial charge in [-0.15, -0.1) is 0 Å². The standard InChI is InChI=1S/C90H54N8/c91-55-58-28-32-64(33-29-58)76-42-40-73(97-84-44-36-66(60-16-5-1-6-17-60)49-78(84)79-50-67(37-45-85(79)97)61-18-7-2-8-19-61)53-82(76)89-94-88(71-26-15-25-70(48-71)75-27-14-13-24-72(75)57-93)95-90(96-89)83-54-74(41-43-77(83)65-34-30-59(56-92)31-35-65)98-86-46-38-68(62-20-9-3-10-21-62)51-80(86)81-52-69(39-47-87(81)98)63-22-11-4-12-23-63/h1-54H. The van der Waals surface area contributed by atoms with Gasteiger partial charge >= 0.3 is 0 Å². The fraction of sp³-hybridized carbons (Fsp3) is 0. The number of hydrogen-bond acceptors (Lipinski definition) is 6. The van der Waals surface area contributed by atoms with Crippen LogP contribution in [0.2, 0.25) is 0 Å². The summed E-state index contributed by atoms with van der Waals surface area (Å²) < 4.78 is 4.67. The molecule has 0 saturated heterocycles. The summed E-state index contributed by atoms with van der Waals surface area (Å²) in [4.78, 5) is 16.9. The molecular formula is C90H54N8. The van der Waals surface area contributed by atoms with Gasteiger partial charge in [0, 0.05) is 49.6 Å². The predicted molar refractivity (Wildman–Crippen MR) is 397 cm³/mol. The third-order valence-corrected chi connectivity index (χ3v) is 18.7. The summed E-state index contributed by atoms with van der Waals surface area (Å²) >= 11 is 0. The molecule has 0 unspecified atom stereocenters. The van der Waals surface area contributed by atoms with Crippen LogP contribution in [0.5, 0.6) is 0 Å². The summed E-state index contributed by atoms with van der Waals surface area (Å²) in [6.45, 7) is 0. The molecule has 3 aromatic heterocycles. The van der Waals surface area contributed by atoms with Gasteiger partial charge in [0.05, 0.1) is 57.0 Å². The number of benzene rings is 14. The maximum Gasteiger partial charge on any atom is 0.164 e. The average molecular weight is 1250 g/mol. The summed E-state index contributed by atoms with van der Waals surface area (Å²) in [5, 5.41) is 35.1. The minimum atomic E-state index is 0.405. The molecule has 0 aliphatic heterocycles. The Hall–Kier alpha value is -13.8. The van der Waals surface area contributed by atoms with E-state index in [1.165, 1.54) is 0 Å². The van der Waals surface area contributed by atoms with Crippen LogP contribution in [0.1, 0.15) is 16.7 Å². The Morgan fingerprint density at radius 2 is 0.551 bits per heavy atom. The normalized spacial score (nSPS) is 11.2. The first-order valence-electron chi connectivity index (χ1n) is 32.5. The van der Waals surface area contributed by atoms with Crippen LogP contribution in [-0.2, 0) is 0 Å². The molecule has 0 saturated carbocycles. The number of aromatic nitrogens is 5. The molecular weight excluding hydrogens is 1190 g/mol. The first kappa shape index (κ1) is 58.0. The van der Waals surface area contributed by atoms with Crippen molar-refractivity contribution in [1.29, 1.82) is 15.8 Å². The van der Waals surface area contributed by atoms with Gasteiger partial charge in [0.25, 0.3) is 0 Å². The van der Waals surface area contributed by atoms with E-state index in [1.807, 2.05) is 121 Å². The van der Waals surface area contributed by atoms with E-state index in [1.54, 1.807) is 0 Å². The van der Waals surface area contributed by atoms with Crippen LogP contribution < -0.4 is 0 Å². The Morgan fingerprint density at radius 3 is 0.929 bits per heavy atom. The number of nitriles is 3. The average Bonchev–Trinajstić information content (AvgIpc) is 1.41. The van der Waals surface area contributed by atoms with Gasteiger partial charge in [-0.2, -0.15) is 15.8 Å². The molecule has 8 nitrogen and oxygen atoms in total. The van der Waals surface area contributed by atoms with E-state index in [0.29, 0.717) is 39.7 Å². The molecule has 0 N–H and O–H groups in total. The van der Waals surface area contributed by atoms with E-state index in [0.717, 1.165) is 144 Å². The van der Waals surface area contributed by atoms with E-state index < -0.39 is 0 Å². The smallest absolute Gasteiger partial charge is 0.164 e. The molecule has 0 amide bonds. The van der Waals surface area contributed by atoms with Crippen molar-refractivity contribution in [1.82, 2.24) is 24.1 Å². The van der Waals surface area contributed by atoms with Gasteiger partial charge in [0.2, 0.25) is 0 Å². The number of fused-ring (bicyclic) bond motifs is 6. The van der Waals surface area contributed by atoms with Crippen LogP contribution >= 0.6 is 0 Å². The van der Waals surface area contributed by atoms with E-state index in [9.17, 15) is 15.8 Å². The third-order valence-electron chi connectivity index (χ3n) is 18.7. The summed E-state index contributed by atoms with van der Waals surface area (Å²) in [5.74, 6) is 1.22. The van der Waals surface area contributed by atoms with E-state index in [2.05, 4.69) is 234 Å². The summed E-state index contributed by atoms with van der Waals surface area (Å²) in [6.07, 6.45) is 0. The maximum atomic E-state index is 10.4. The van der Waals surface area contributed by atoms with Gasteiger partial charge in [0.1, 0.15) is 0 Å². The lowest BCUT2D eigenvalue weighted by atomic mass is 9.96. The van der Waals surface area contributed by atoms with Crippen molar-refractivity contribution in [3.8, 4) is 142 Å². The second-order valence-corrected chi connectivity index (χ2v) is 24.4. The van der Waals surface area contributed by atoms with Gasteiger partial charge in [-0.1, -0.05) is 218 Å². The minimum Gasteiger partial charge on any atom is -0.309 e. The monoisotopic (exact) mass is 1250 g/mol. The summed E-state index contributed by atoms with van der Waals surface area (Å²) in [7, 11) is 0. The zero-order valence-corrected chi connectivity index (χ0v) is 52.8. The van der Waals surface area contributed by atoms with Crippen LogP contribution in [0.3, 0.4) is 0 Å². The molecule has 3 heterocycles. The zero-order chi connectivity index (χ0) is 65.6. The molecule has 0 atom stereocenters. The van der Waals surface area contributed by atoms with Crippen molar-refractivity contribution in [2.24, 2.45) is 0 Å². The Bertz CT molecular complexity index is 5590. The first-order valence-corrected chi connectivity index (χ1v) is 32.5. The van der Waals surface area contributed by atoms with Crippen molar-refractivity contribution in [2.45, 2.75) is 0 Å². The van der Waals surface area contributed by atoms with Crippen molar-refractivity contribution < 1.29 is 0 Å². The van der Waals surface area contributed by atoms with Crippen LogP contribution in [0.4, 0.5) is 0 Å². The fourth-order valence-electron chi connectivity index (χ4n) is 13.9. The summed E-state index contributed by atoms with van der Waals surface area (Å²) in [6, 6.07) is 120. The van der Waals surface area contributed by atoms with Crippen molar-refractivity contribution >= 4 is 43.6 Å². The molecule has 454 valence electrons. The molecule has 14 aromatic carbocycles. The Morgan fingerprint density at radius 1 is 0.214 bits per heavy atom. The summed E-state index contributed by atoms with van der Waals surface area (Å²) in [5.41, 5.74) is 23.6. The lowest BCUT2D eigenvalue weighted by molar-refractivity contribution is 1.07. The molecule has 17 aromatic rings. The number of hydrogen-bond donors (Lipinski definition) is 0. The second kappa shape index (κ2) is 24.6. The molecule has 98 heavy (non-hydrogen) atoms. The highest BCUT2D eigenvalue weighted by atomic mass is 15.0. The Labute approximate surface area is 566 Å². The maximum absolute atomic E-state index is 10.4. The van der Waals surface area contributed by atoms with Crippen LogP contribution in [0.25, 0.3) is 167 Å². The molecule has 17 rings (SSSR count). The topological polar surface area (TPSA) is 120 Å². The zero-order valence-electron chi connectivity index (χ0n) is 52.8. The number of rotatable bonds is 12. The second-order valence-electron chi connectivity index (χ2n) is 24.4. The largest absolute Gasteiger partial charge is 0.309 e. The predicted octanol–water partition coefficient (Wildman–Crippen LogP) is 22.4. The molecule has 0 bridgehead atoms. The van der Waals surface area contributed by atoms with Gasteiger partial charge in [-0.05, 0) is 187 Å². The van der Waals surface area contributed by atoms with Crippen molar-refractivity contribution in [2.75, 3.05) is 0 Å². The molecule has 0 aliphatic rings. The van der Waals surface area contributed by atoms with Crippen LogP contribution in [0, 0.1) is 34.0 Å². The van der Waals surface area contributed by atoms with E-state index in [-0.39, 0.29) is 0 Å². The van der Waals surface area contributed by atoms with E-state index >= 15 is 0 Å². The third kappa shape index (κ3) is 10.5. The Balaban J connectivity index is 0.937. The highest BCUT2D eigenvalue weighted by Crippen LogP contribution is 2.44. The van der Waals surface area contributed by atoms with Crippen molar-refractivity contribution in [3.63, 3.8) is 0 Å². The van der Waals surface area contributed by atoms with Crippen LogP contribution in [0.15, 0.2) is 328 Å². The molecule has 0 fully saturated rings. The quantitative estimate of drug-likeness (QED) is 0.120. The molecule has 8 heteroatoms. The van der Waals surface area contributed by atoms with Gasteiger partial charge in [0.15, 0.2) is 17.5 Å². The van der Waals surface area contributed by atoms with Gasteiger partial charge in [-0.3, -0.25) is 0 Å². The Kier molecular flexibility index (Phi) is 14.5. The van der Waals surface area contributed by atoms with E-state index in [4.69, 9.17) is 15.0 Å². The van der Waals surface area contributed by atoms with Gasteiger partial charge in [-0.25, -0.2) is 15.0 Å². The van der Waals surface area contributed by atoms with Crippen molar-refractivity contribution in [3.05, 3.63) is 344 Å². The lowest BCUT2D eigenvalue weighted by Gasteiger charge is -2.18. The first-order chi connectivity index (χ1) is 48.4. The lowest BCUT2D eigenvalue weighted by Crippen LogP contribution is -2.04. The SMILES string of the molecule is N#Cc1ccc(-c2ccc(-n3c4ccc(-c5ccccc5)cc4c4cc(-c5ccccc5)ccc43)cc2-c2nc(-c3cccc(-c4ccccc4C#N)c3)nc(-c3cc(-n4c5ccc(-c6ccccc6)cc5c5cc(-c6ccccc6)ccc54)ccc3-c3ccc(C#N)cc3)n2)cc1. The molecule has 0 spiro atoms. The van der Waals surface area contributed by atoms with Crippen LogP contribution in [-0.4, -0.2) is 24.1 Å². The fourth-order valence-corrected chi connectivity index (χ4v) is 13.9. The molecule has 0 radical (unpaired) electrons. The highest BCUT2D eigenvalue weighted by molar-refractivity contribution is 6.13. The number of nitrogens with zero attached hydrogens (tertiary/aromatic N) is 8. The minimum absolute atomic E-state index is 0.405.